The first-order valence-corrected chi connectivity index (χ1v) is 8.50. The SMILES string of the molecule is O=C(Nc1ccccc1C(=O)c1ccccc1C(=O)O)OCc1ccccc1. The summed E-state index contributed by atoms with van der Waals surface area (Å²) in [7, 11) is 0. The molecule has 0 aliphatic carbocycles. The van der Waals surface area contributed by atoms with Gasteiger partial charge in [-0.1, -0.05) is 60.7 Å². The molecule has 28 heavy (non-hydrogen) atoms. The Balaban J connectivity index is 1.79. The second-order valence-corrected chi connectivity index (χ2v) is 5.91. The molecule has 0 fully saturated rings. The number of para-hydroxylation sites is 1. The predicted octanol–water partition coefficient (Wildman–Crippen LogP) is 4.36. The number of carbonyl (C=O) groups excluding carboxylic acids is 2. The number of carboxylic acids is 1. The molecule has 6 heteroatoms. The number of hydrogen-bond acceptors (Lipinski definition) is 4. The van der Waals surface area contributed by atoms with Crippen LogP contribution >= 0.6 is 0 Å². The van der Waals surface area contributed by atoms with E-state index in [0.717, 1.165) is 5.56 Å². The molecule has 0 heterocycles. The number of ketones is 1. The number of ether oxygens (including phenoxy) is 1. The van der Waals surface area contributed by atoms with Crippen molar-refractivity contribution < 1.29 is 24.2 Å². The second-order valence-electron chi connectivity index (χ2n) is 5.91. The minimum absolute atomic E-state index is 0.0434. The maximum Gasteiger partial charge on any atom is 0.411 e. The van der Waals surface area contributed by atoms with Crippen LogP contribution in [0.4, 0.5) is 10.5 Å². The highest BCUT2D eigenvalue weighted by Gasteiger charge is 2.20. The number of carbonyl (C=O) groups is 3. The van der Waals surface area contributed by atoms with E-state index < -0.39 is 17.8 Å². The summed E-state index contributed by atoms with van der Waals surface area (Å²) in [6, 6.07) is 21.5. The van der Waals surface area contributed by atoms with E-state index in [4.69, 9.17) is 4.74 Å². The molecule has 0 aliphatic rings. The van der Waals surface area contributed by atoms with Crippen LogP contribution in [-0.4, -0.2) is 23.0 Å². The summed E-state index contributed by atoms with van der Waals surface area (Å²) >= 11 is 0. The monoisotopic (exact) mass is 375 g/mol. The molecular formula is C22H17NO5. The van der Waals surface area contributed by atoms with E-state index >= 15 is 0 Å². The summed E-state index contributed by atoms with van der Waals surface area (Å²) < 4.78 is 5.18. The smallest absolute Gasteiger partial charge is 0.411 e. The Labute approximate surface area is 161 Å². The van der Waals surface area contributed by atoms with Crippen LogP contribution in [0.15, 0.2) is 78.9 Å². The van der Waals surface area contributed by atoms with Crippen LogP contribution < -0.4 is 5.32 Å². The van der Waals surface area contributed by atoms with Gasteiger partial charge >= 0.3 is 12.1 Å². The van der Waals surface area contributed by atoms with Crippen LogP contribution in [0.2, 0.25) is 0 Å². The van der Waals surface area contributed by atoms with Gasteiger partial charge < -0.3 is 9.84 Å². The summed E-state index contributed by atoms with van der Waals surface area (Å²) in [4.78, 5) is 36.4. The maximum absolute atomic E-state index is 12.9. The average molecular weight is 375 g/mol. The van der Waals surface area contributed by atoms with E-state index in [1.165, 1.54) is 18.2 Å². The van der Waals surface area contributed by atoms with Crippen LogP contribution in [0.25, 0.3) is 0 Å². The lowest BCUT2D eigenvalue weighted by atomic mass is 9.97. The number of carboxylic acid groups (broad SMARTS) is 1. The predicted molar refractivity (Wildman–Crippen MR) is 104 cm³/mol. The lowest BCUT2D eigenvalue weighted by Gasteiger charge is -2.12. The van der Waals surface area contributed by atoms with Crippen LogP contribution in [-0.2, 0) is 11.3 Å². The number of anilines is 1. The molecule has 1 amide bonds. The van der Waals surface area contributed by atoms with E-state index in [1.807, 2.05) is 30.3 Å². The summed E-state index contributed by atoms with van der Waals surface area (Å²) in [5, 5.41) is 11.9. The zero-order valence-electron chi connectivity index (χ0n) is 14.8. The summed E-state index contributed by atoms with van der Waals surface area (Å²) in [5.74, 6) is -1.70. The third-order valence-electron chi connectivity index (χ3n) is 4.02. The zero-order chi connectivity index (χ0) is 19.9. The van der Waals surface area contributed by atoms with E-state index in [1.54, 1.807) is 30.3 Å². The number of rotatable bonds is 6. The quantitative estimate of drug-likeness (QED) is 0.624. The minimum Gasteiger partial charge on any atom is -0.478 e. The van der Waals surface area contributed by atoms with Crippen molar-refractivity contribution >= 4 is 23.5 Å². The third-order valence-corrected chi connectivity index (χ3v) is 4.02. The van der Waals surface area contributed by atoms with E-state index in [2.05, 4.69) is 5.32 Å². The molecule has 0 unspecified atom stereocenters. The van der Waals surface area contributed by atoms with Gasteiger partial charge in [0.25, 0.3) is 0 Å². The van der Waals surface area contributed by atoms with Gasteiger partial charge in [0.2, 0.25) is 0 Å². The van der Waals surface area contributed by atoms with Crippen molar-refractivity contribution in [3.63, 3.8) is 0 Å². The van der Waals surface area contributed by atoms with Crippen molar-refractivity contribution in [1.29, 1.82) is 0 Å². The molecule has 2 N–H and O–H groups in total. The molecule has 0 aromatic heterocycles. The largest absolute Gasteiger partial charge is 0.478 e. The molecule has 3 aromatic carbocycles. The van der Waals surface area contributed by atoms with Crippen LogP contribution in [0.3, 0.4) is 0 Å². The molecule has 140 valence electrons. The normalized spacial score (nSPS) is 10.1. The Morgan fingerprint density at radius 1 is 0.750 bits per heavy atom. The second kappa shape index (κ2) is 8.64. The maximum atomic E-state index is 12.9. The Bertz CT molecular complexity index is 1010. The summed E-state index contributed by atoms with van der Waals surface area (Å²) in [6.45, 7) is 0.0879. The fourth-order valence-corrected chi connectivity index (χ4v) is 2.67. The summed E-state index contributed by atoms with van der Waals surface area (Å²) in [6.07, 6.45) is -0.712. The highest BCUT2D eigenvalue weighted by atomic mass is 16.5. The number of nitrogens with one attached hydrogen (secondary N) is 1. The van der Waals surface area contributed by atoms with Gasteiger partial charge in [-0.3, -0.25) is 10.1 Å². The lowest BCUT2D eigenvalue weighted by Crippen LogP contribution is -2.17. The van der Waals surface area contributed by atoms with Crippen LogP contribution in [0.1, 0.15) is 31.8 Å². The highest BCUT2D eigenvalue weighted by molar-refractivity contribution is 6.17. The Morgan fingerprint density at radius 3 is 2.00 bits per heavy atom. The first kappa shape index (κ1) is 18.8. The molecule has 3 aromatic rings. The molecule has 0 saturated heterocycles. The number of amides is 1. The van der Waals surface area contributed by atoms with E-state index in [9.17, 15) is 19.5 Å². The van der Waals surface area contributed by atoms with Gasteiger partial charge in [-0.25, -0.2) is 9.59 Å². The minimum atomic E-state index is -1.20. The summed E-state index contributed by atoms with van der Waals surface area (Å²) in [5.41, 5.74) is 1.19. The lowest BCUT2D eigenvalue weighted by molar-refractivity contribution is 0.0692. The molecule has 0 radical (unpaired) electrons. The van der Waals surface area contributed by atoms with Crippen molar-refractivity contribution in [2.45, 2.75) is 6.61 Å². The first-order chi connectivity index (χ1) is 13.6. The van der Waals surface area contributed by atoms with Gasteiger partial charge in [-0.2, -0.15) is 0 Å². The van der Waals surface area contributed by atoms with E-state index in [-0.39, 0.29) is 29.0 Å². The molecular weight excluding hydrogens is 358 g/mol. The average Bonchev–Trinajstić information content (AvgIpc) is 2.73. The van der Waals surface area contributed by atoms with Crippen molar-refractivity contribution in [3.05, 3.63) is 101 Å². The Morgan fingerprint density at radius 2 is 1.32 bits per heavy atom. The van der Waals surface area contributed by atoms with Crippen molar-refractivity contribution in [2.24, 2.45) is 0 Å². The van der Waals surface area contributed by atoms with Crippen molar-refractivity contribution in [1.82, 2.24) is 0 Å². The standard InChI is InChI=1S/C22H17NO5/c24-20(16-10-4-5-11-17(16)21(25)26)18-12-6-7-13-19(18)23-22(27)28-14-15-8-2-1-3-9-15/h1-13H,14H2,(H,23,27)(H,25,26). The van der Waals surface area contributed by atoms with Gasteiger partial charge in [0, 0.05) is 11.1 Å². The van der Waals surface area contributed by atoms with Crippen LogP contribution in [0, 0.1) is 0 Å². The van der Waals surface area contributed by atoms with Gasteiger partial charge in [-0.15, -0.1) is 0 Å². The fourth-order valence-electron chi connectivity index (χ4n) is 2.67. The Kier molecular flexibility index (Phi) is 5.81. The number of hydrogen-bond donors (Lipinski definition) is 2. The number of aromatic carboxylic acids is 1. The van der Waals surface area contributed by atoms with Gasteiger partial charge in [0.05, 0.1) is 11.3 Å². The molecule has 6 nitrogen and oxygen atoms in total. The molecule has 0 aliphatic heterocycles. The topological polar surface area (TPSA) is 92.7 Å². The molecule has 3 rings (SSSR count). The van der Waals surface area contributed by atoms with Crippen LogP contribution in [0.5, 0.6) is 0 Å². The number of benzene rings is 3. The third kappa shape index (κ3) is 4.42. The van der Waals surface area contributed by atoms with Crippen molar-refractivity contribution in [3.8, 4) is 0 Å². The molecule has 0 spiro atoms. The van der Waals surface area contributed by atoms with Gasteiger partial charge in [-0.05, 0) is 23.8 Å². The zero-order valence-corrected chi connectivity index (χ0v) is 14.8. The molecule has 0 bridgehead atoms. The highest BCUT2D eigenvalue weighted by Crippen LogP contribution is 2.22. The van der Waals surface area contributed by atoms with Gasteiger partial charge in [0.1, 0.15) is 6.61 Å². The molecule has 0 saturated carbocycles. The first-order valence-electron chi connectivity index (χ1n) is 8.50. The Hall–Kier alpha value is -3.93. The van der Waals surface area contributed by atoms with Crippen molar-refractivity contribution in [2.75, 3.05) is 5.32 Å². The molecule has 0 atom stereocenters. The van der Waals surface area contributed by atoms with Gasteiger partial charge in [0.15, 0.2) is 5.78 Å². The fraction of sp³-hybridized carbons (Fsp3) is 0.0455. The van der Waals surface area contributed by atoms with E-state index in [0.29, 0.717) is 0 Å².